The molecule has 1 heterocycles. The van der Waals surface area contributed by atoms with Crippen molar-refractivity contribution in [2.45, 2.75) is 13.0 Å². The highest BCUT2D eigenvalue weighted by molar-refractivity contribution is 14.1. The fourth-order valence-electron chi connectivity index (χ4n) is 2.81. The first-order chi connectivity index (χ1) is 10.1. The third kappa shape index (κ3) is 3.20. The Morgan fingerprint density at radius 3 is 2.62 bits per heavy atom. The molecule has 0 saturated heterocycles. The van der Waals surface area contributed by atoms with Gasteiger partial charge in [0.2, 0.25) is 0 Å². The Kier molecular flexibility index (Phi) is 4.14. The molecule has 3 rings (SSSR count). The number of hydrogen-bond donors (Lipinski definition) is 1. The van der Waals surface area contributed by atoms with Crippen molar-refractivity contribution in [3.8, 4) is 0 Å². The molecule has 1 atom stereocenters. The van der Waals surface area contributed by atoms with E-state index in [2.05, 4.69) is 57.8 Å². The van der Waals surface area contributed by atoms with Crippen LogP contribution < -0.4 is 4.90 Å². The Morgan fingerprint density at radius 1 is 1.19 bits per heavy atom. The average Bonchev–Trinajstić information content (AvgIpc) is 2.49. The van der Waals surface area contributed by atoms with Crippen molar-refractivity contribution in [1.29, 1.82) is 0 Å². The zero-order valence-electron chi connectivity index (χ0n) is 11.5. The summed E-state index contributed by atoms with van der Waals surface area (Å²) in [5.41, 5.74) is 3.49. The number of aliphatic carboxylic acids is 1. The number of carboxylic acids is 1. The van der Waals surface area contributed by atoms with Crippen LogP contribution in [0.5, 0.6) is 0 Å². The summed E-state index contributed by atoms with van der Waals surface area (Å²) in [5, 5.41) is 9.36. The molecule has 21 heavy (non-hydrogen) atoms. The van der Waals surface area contributed by atoms with E-state index in [1.54, 1.807) is 0 Å². The standard InChI is InChI=1S/C17H16INO2/c18-15-7-5-12(6-8-15)10-19-11-14(17(20)21)9-13-3-1-2-4-16(13)19/h1-8,14H,9-11H2,(H,20,21). The van der Waals surface area contributed by atoms with Crippen molar-refractivity contribution in [3.63, 3.8) is 0 Å². The van der Waals surface area contributed by atoms with Crippen molar-refractivity contribution in [3.05, 3.63) is 63.2 Å². The van der Waals surface area contributed by atoms with Crippen LogP contribution in [0.4, 0.5) is 5.69 Å². The molecule has 108 valence electrons. The maximum Gasteiger partial charge on any atom is 0.308 e. The number of carboxylic acid groups (broad SMARTS) is 1. The predicted molar refractivity (Wildman–Crippen MR) is 91.5 cm³/mol. The Bertz CT molecular complexity index is 654. The van der Waals surface area contributed by atoms with Crippen LogP contribution in [-0.4, -0.2) is 17.6 Å². The van der Waals surface area contributed by atoms with E-state index in [-0.39, 0.29) is 5.92 Å². The molecule has 3 nitrogen and oxygen atoms in total. The van der Waals surface area contributed by atoms with Crippen LogP contribution in [-0.2, 0) is 17.8 Å². The van der Waals surface area contributed by atoms with Crippen LogP contribution in [0.2, 0.25) is 0 Å². The first kappa shape index (κ1) is 14.4. The fraction of sp³-hybridized carbons (Fsp3) is 0.235. The van der Waals surface area contributed by atoms with E-state index in [9.17, 15) is 9.90 Å². The monoisotopic (exact) mass is 393 g/mol. The maximum absolute atomic E-state index is 11.4. The van der Waals surface area contributed by atoms with Gasteiger partial charge in [0.25, 0.3) is 0 Å². The van der Waals surface area contributed by atoms with Crippen molar-refractivity contribution in [2.75, 3.05) is 11.4 Å². The van der Waals surface area contributed by atoms with Crippen molar-refractivity contribution in [1.82, 2.24) is 0 Å². The van der Waals surface area contributed by atoms with Crippen molar-refractivity contribution >= 4 is 34.2 Å². The highest BCUT2D eigenvalue weighted by Crippen LogP contribution is 2.31. The topological polar surface area (TPSA) is 40.5 Å². The lowest BCUT2D eigenvalue weighted by Gasteiger charge is -2.34. The molecular weight excluding hydrogens is 377 g/mol. The summed E-state index contributed by atoms with van der Waals surface area (Å²) in [5.74, 6) is -1.04. The smallest absolute Gasteiger partial charge is 0.308 e. The van der Waals surface area contributed by atoms with Gasteiger partial charge in [-0.05, 0) is 58.3 Å². The van der Waals surface area contributed by atoms with Gasteiger partial charge in [-0.1, -0.05) is 30.3 Å². The van der Waals surface area contributed by atoms with Gasteiger partial charge in [-0.2, -0.15) is 0 Å². The van der Waals surface area contributed by atoms with Crippen LogP contribution in [0.25, 0.3) is 0 Å². The van der Waals surface area contributed by atoms with Gasteiger partial charge in [-0.25, -0.2) is 0 Å². The molecule has 4 heteroatoms. The van der Waals surface area contributed by atoms with Gasteiger partial charge in [0.05, 0.1) is 5.92 Å². The zero-order valence-corrected chi connectivity index (χ0v) is 13.7. The van der Waals surface area contributed by atoms with Gasteiger partial charge in [0.15, 0.2) is 0 Å². The molecule has 0 radical (unpaired) electrons. The van der Waals surface area contributed by atoms with Gasteiger partial charge in [-0.15, -0.1) is 0 Å². The first-order valence-electron chi connectivity index (χ1n) is 6.93. The van der Waals surface area contributed by atoms with Crippen LogP contribution in [0.15, 0.2) is 48.5 Å². The molecule has 1 unspecified atom stereocenters. The van der Waals surface area contributed by atoms with Crippen LogP contribution in [0, 0.1) is 9.49 Å². The molecule has 2 aromatic rings. The lowest BCUT2D eigenvalue weighted by Crippen LogP contribution is -2.38. The average molecular weight is 393 g/mol. The Balaban J connectivity index is 1.89. The van der Waals surface area contributed by atoms with E-state index in [4.69, 9.17) is 0 Å². The SMILES string of the molecule is O=C(O)C1Cc2ccccc2N(Cc2ccc(I)cc2)C1. The molecular formula is C17H16INO2. The third-order valence-corrected chi connectivity index (χ3v) is 4.59. The molecule has 1 aliphatic rings. The number of anilines is 1. The van der Waals surface area contributed by atoms with E-state index < -0.39 is 5.97 Å². The van der Waals surface area contributed by atoms with Gasteiger partial charge in [0.1, 0.15) is 0 Å². The van der Waals surface area contributed by atoms with E-state index in [0.29, 0.717) is 13.0 Å². The molecule has 0 saturated carbocycles. The largest absolute Gasteiger partial charge is 0.481 e. The van der Waals surface area contributed by atoms with E-state index in [1.165, 1.54) is 9.13 Å². The van der Waals surface area contributed by atoms with Gasteiger partial charge < -0.3 is 10.0 Å². The summed E-state index contributed by atoms with van der Waals surface area (Å²) in [6.07, 6.45) is 0.620. The minimum atomic E-state index is -0.711. The summed E-state index contributed by atoms with van der Waals surface area (Å²) >= 11 is 2.29. The molecule has 0 bridgehead atoms. The number of carbonyl (C=O) groups is 1. The predicted octanol–water partition coefficient (Wildman–Crippen LogP) is 3.55. The molecule has 1 N–H and O–H groups in total. The number of para-hydroxylation sites is 1. The summed E-state index contributed by atoms with van der Waals surface area (Å²) in [6, 6.07) is 16.5. The highest BCUT2D eigenvalue weighted by atomic mass is 127. The summed E-state index contributed by atoms with van der Waals surface area (Å²) < 4.78 is 1.21. The Hall–Kier alpha value is -1.56. The quantitative estimate of drug-likeness (QED) is 0.811. The van der Waals surface area contributed by atoms with E-state index >= 15 is 0 Å². The highest BCUT2D eigenvalue weighted by Gasteiger charge is 2.28. The van der Waals surface area contributed by atoms with Crippen LogP contribution in [0.3, 0.4) is 0 Å². The molecule has 0 aromatic heterocycles. The summed E-state index contributed by atoms with van der Waals surface area (Å²) in [6.45, 7) is 1.32. The number of nitrogens with zero attached hydrogens (tertiary/aromatic N) is 1. The lowest BCUT2D eigenvalue weighted by molar-refractivity contribution is -0.141. The summed E-state index contributed by atoms with van der Waals surface area (Å²) in [4.78, 5) is 13.6. The van der Waals surface area contributed by atoms with Gasteiger partial charge in [0, 0.05) is 22.3 Å². The van der Waals surface area contributed by atoms with E-state index in [0.717, 1.165) is 17.8 Å². The molecule has 1 aliphatic heterocycles. The second kappa shape index (κ2) is 6.05. The molecule has 0 amide bonds. The lowest BCUT2D eigenvalue weighted by atomic mass is 9.92. The summed E-state index contributed by atoms with van der Waals surface area (Å²) in [7, 11) is 0. The molecule has 0 fully saturated rings. The van der Waals surface area contributed by atoms with Gasteiger partial charge >= 0.3 is 5.97 Å². The fourth-order valence-corrected chi connectivity index (χ4v) is 3.17. The third-order valence-electron chi connectivity index (χ3n) is 3.88. The van der Waals surface area contributed by atoms with Gasteiger partial charge in [-0.3, -0.25) is 4.79 Å². The Labute approximate surface area is 137 Å². The second-order valence-corrected chi connectivity index (χ2v) is 6.62. The number of rotatable bonds is 3. The van der Waals surface area contributed by atoms with E-state index in [1.807, 2.05) is 18.2 Å². The zero-order chi connectivity index (χ0) is 14.8. The second-order valence-electron chi connectivity index (χ2n) is 5.37. The Morgan fingerprint density at radius 2 is 1.90 bits per heavy atom. The maximum atomic E-state index is 11.4. The number of fused-ring (bicyclic) bond motifs is 1. The normalized spacial score (nSPS) is 17.4. The minimum Gasteiger partial charge on any atom is -0.481 e. The minimum absolute atomic E-state index is 0.330. The number of hydrogen-bond acceptors (Lipinski definition) is 2. The molecule has 2 aromatic carbocycles. The van der Waals surface area contributed by atoms with Crippen molar-refractivity contribution in [2.24, 2.45) is 5.92 Å². The number of benzene rings is 2. The number of halogens is 1. The van der Waals surface area contributed by atoms with Crippen LogP contribution in [0.1, 0.15) is 11.1 Å². The van der Waals surface area contributed by atoms with Crippen LogP contribution >= 0.6 is 22.6 Å². The molecule has 0 aliphatic carbocycles. The van der Waals surface area contributed by atoms with Crippen molar-refractivity contribution < 1.29 is 9.90 Å². The molecule has 0 spiro atoms. The first-order valence-corrected chi connectivity index (χ1v) is 8.01.